The molecule has 1 amide bonds. The first-order chi connectivity index (χ1) is 10.6. The van der Waals surface area contributed by atoms with Crippen LogP contribution < -0.4 is 10.5 Å². The molecule has 2 aromatic rings. The Labute approximate surface area is 132 Å². The fraction of sp³-hybridized carbons (Fsp3) is 0.316. The van der Waals surface area contributed by atoms with Crippen molar-refractivity contribution in [2.45, 2.75) is 38.7 Å². The molecule has 0 aliphatic carbocycles. The lowest BCUT2D eigenvalue weighted by Gasteiger charge is -2.30. The molecule has 0 spiro atoms. The summed E-state index contributed by atoms with van der Waals surface area (Å²) in [5.74, 6) is 0.433. The van der Waals surface area contributed by atoms with Crippen molar-refractivity contribution in [1.29, 1.82) is 0 Å². The monoisotopic (exact) mass is 297 g/mol. The highest BCUT2D eigenvalue weighted by Crippen LogP contribution is 2.37. The third kappa shape index (κ3) is 3.14. The number of carbonyl (C=O) groups excluding carboxylic acids is 1. The van der Waals surface area contributed by atoms with E-state index in [4.69, 9.17) is 10.5 Å². The Morgan fingerprint density at radius 3 is 2.18 bits per heavy atom. The fourth-order valence-electron chi connectivity index (χ4n) is 2.84. The molecule has 116 valence electrons. The molecule has 0 unspecified atom stereocenters. The molecule has 0 fully saturated rings. The summed E-state index contributed by atoms with van der Waals surface area (Å²) in [4.78, 5) is 12.1. The smallest absolute Gasteiger partial charge is 0.228 e. The molecule has 0 saturated carbocycles. The van der Waals surface area contributed by atoms with Gasteiger partial charge in [-0.05, 0) is 24.5 Å². The van der Waals surface area contributed by atoms with E-state index >= 15 is 0 Å². The molecule has 2 aromatic carbocycles. The number of ether oxygens (including phenoxy) is 1. The lowest BCUT2D eigenvalue weighted by Crippen LogP contribution is -2.40. The summed E-state index contributed by atoms with van der Waals surface area (Å²) in [6, 6.07) is 17.7. The van der Waals surface area contributed by atoms with Crippen LogP contribution in [0, 0.1) is 0 Å². The van der Waals surface area contributed by atoms with Crippen LogP contribution in [0.3, 0.4) is 0 Å². The van der Waals surface area contributed by atoms with Gasteiger partial charge in [-0.25, -0.2) is 0 Å². The largest absolute Gasteiger partial charge is 0.489 e. The molecule has 0 atom stereocenters. The number of benzene rings is 2. The molecule has 0 radical (unpaired) electrons. The minimum atomic E-state index is -0.673. The van der Waals surface area contributed by atoms with Crippen LogP contribution in [0.2, 0.25) is 0 Å². The molecule has 0 heterocycles. The van der Waals surface area contributed by atoms with E-state index in [2.05, 4.69) is 0 Å². The number of amides is 1. The maximum absolute atomic E-state index is 12.1. The zero-order valence-corrected chi connectivity index (χ0v) is 13.2. The fourth-order valence-corrected chi connectivity index (χ4v) is 2.84. The van der Waals surface area contributed by atoms with Gasteiger partial charge in [0.25, 0.3) is 0 Å². The highest BCUT2D eigenvalue weighted by atomic mass is 16.5. The Hall–Kier alpha value is -2.29. The van der Waals surface area contributed by atoms with E-state index in [0.29, 0.717) is 19.4 Å². The van der Waals surface area contributed by atoms with Gasteiger partial charge in [-0.3, -0.25) is 4.79 Å². The SMILES string of the molecule is CCC(CC)(C(N)=O)c1ccccc1OCc1ccccc1. The predicted octanol–water partition coefficient (Wildman–Crippen LogP) is 3.81. The van der Waals surface area contributed by atoms with Gasteiger partial charge in [0, 0.05) is 5.56 Å². The number of hydrogen-bond acceptors (Lipinski definition) is 2. The van der Waals surface area contributed by atoms with E-state index in [9.17, 15) is 4.79 Å². The van der Waals surface area contributed by atoms with Crippen molar-refractivity contribution in [2.75, 3.05) is 0 Å². The van der Waals surface area contributed by atoms with E-state index in [-0.39, 0.29) is 5.91 Å². The van der Waals surface area contributed by atoms with Gasteiger partial charge in [0.1, 0.15) is 12.4 Å². The van der Waals surface area contributed by atoms with Crippen LogP contribution in [0.25, 0.3) is 0 Å². The third-order valence-corrected chi connectivity index (χ3v) is 4.32. The van der Waals surface area contributed by atoms with Crippen LogP contribution in [-0.4, -0.2) is 5.91 Å². The van der Waals surface area contributed by atoms with E-state index in [0.717, 1.165) is 16.9 Å². The summed E-state index contributed by atoms with van der Waals surface area (Å²) in [6.07, 6.45) is 1.31. The summed E-state index contributed by atoms with van der Waals surface area (Å²) >= 11 is 0. The van der Waals surface area contributed by atoms with Gasteiger partial charge in [-0.1, -0.05) is 62.4 Å². The predicted molar refractivity (Wildman–Crippen MR) is 88.7 cm³/mol. The maximum atomic E-state index is 12.1. The molecule has 3 heteroatoms. The highest BCUT2D eigenvalue weighted by molar-refractivity contribution is 5.87. The Bertz CT molecular complexity index is 618. The normalized spacial score (nSPS) is 11.2. The molecule has 0 aromatic heterocycles. The highest BCUT2D eigenvalue weighted by Gasteiger charge is 2.37. The van der Waals surface area contributed by atoms with Crippen LogP contribution >= 0.6 is 0 Å². The summed E-state index contributed by atoms with van der Waals surface area (Å²) in [5, 5.41) is 0. The second kappa shape index (κ2) is 7.12. The van der Waals surface area contributed by atoms with E-state index < -0.39 is 5.41 Å². The van der Waals surface area contributed by atoms with Gasteiger partial charge in [0.15, 0.2) is 0 Å². The van der Waals surface area contributed by atoms with Crippen molar-refractivity contribution >= 4 is 5.91 Å². The lowest BCUT2D eigenvalue weighted by molar-refractivity contribution is -0.123. The van der Waals surface area contributed by atoms with Gasteiger partial charge in [0.2, 0.25) is 5.91 Å². The molecule has 0 aliphatic rings. The summed E-state index contributed by atoms with van der Waals surface area (Å²) in [7, 11) is 0. The summed E-state index contributed by atoms with van der Waals surface area (Å²) < 4.78 is 5.98. The minimum absolute atomic E-state index is 0.298. The average molecular weight is 297 g/mol. The number of carbonyl (C=O) groups is 1. The van der Waals surface area contributed by atoms with Crippen molar-refractivity contribution in [3.05, 3.63) is 65.7 Å². The molecule has 0 bridgehead atoms. The van der Waals surface area contributed by atoms with Gasteiger partial charge < -0.3 is 10.5 Å². The molecule has 2 N–H and O–H groups in total. The van der Waals surface area contributed by atoms with Gasteiger partial charge in [-0.2, -0.15) is 0 Å². The summed E-state index contributed by atoms with van der Waals surface area (Å²) in [6.45, 7) is 4.45. The lowest BCUT2D eigenvalue weighted by atomic mass is 9.75. The zero-order chi connectivity index (χ0) is 16.0. The Morgan fingerprint density at radius 1 is 1.00 bits per heavy atom. The topological polar surface area (TPSA) is 52.3 Å². The van der Waals surface area contributed by atoms with E-state index in [1.54, 1.807) is 0 Å². The van der Waals surface area contributed by atoms with Crippen molar-refractivity contribution in [2.24, 2.45) is 5.73 Å². The van der Waals surface area contributed by atoms with Crippen molar-refractivity contribution in [3.63, 3.8) is 0 Å². The van der Waals surface area contributed by atoms with Gasteiger partial charge in [-0.15, -0.1) is 0 Å². The van der Waals surface area contributed by atoms with E-state index in [1.807, 2.05) is 68.4 Å². The molecule has 2 rings (SSSR count). The molecule has 3 nitrogen and oxygen atoms in total. The van der Waals surface area contributed by atoms with Crippen molar-refractivity contribution in [1.82, 2.24) is 0 Å². The second-order valence-electron chi connectivity index (χ2n) is 5.42. The second-order valence-corrected chi connectivity index (χ2v) is 5.42. The van der Waals surface area contributed by atoms with E-state index in [1.165, 1.54) is 0 Å². The maximum Gasteiger partial charge on any atom is 0.228 e. The molecule has 0 saturated heterocycles. The van der Waals surface area contributed by atoms with Crippen LogP contribution in [0.5, 0.6) is 5.75 Å². The quantitative estimate of drug-likeness (QED) is 0.845. The number of para-hydroxylation sites is 1. The molecular formula is C19H23NO2. The molecule has 0 aliphatic heterocycles. The summed E-state index contributed by atoms with van der Waals surface area (Å²) in [5.41, 5.74) is 7.00. The van der Waals surface area contributed by atoms with Crippen LogP contribution in [0.15, 0.2) is 54.6 Å². The molecular weight excluding hydrogens is 274 g/mol. The number of rotatable bonds is 7. The van der Waals surface area contributed by atoms with Gasteiger partial charge >= 0.3 is 0 Å². The van der Waals surface area contributed by atoms with Crippen molar-refractivity contribution in [3.8, 4) is 5.75 Å². The number of hydrogen-bond donors (Lipinski definition) is 1. The number of primary amides is 1. The first-order valence-electron chi connectivity index (χ1n) is 7.70. The Kier molecular flexibility index (Phi) is 5.21. The third-order valence-electron chi connectivity index (χ3n) is 4.32. The Morgan fingerprint density at radius 2 is 1.59 bits per heavy atom. The van der Waals surface area contributed by atoms with Crippen LogP contribution in [0.1, 0.15) is 37.8 Å². The zero-order valence-electron chi connectivity index (χ0n) is 13.2. The average Bonchev–Trinajstić information content (AvgIpc) is 2.56. The van der Waals surface area contributed by atoms with Gasteiger partial charge in [0.05, 0.1) is 5.41 Å². The molecule has 22 heavy (non-hydrogen) atoms. The number of nitrogens with two attached hydrogens (primary N) is 1. The minimum Gasteiger partial charge on any atom is -0.489 e. The standard InChI is InChI=1S/C19H23NO2/c1-3-19(4-2,18(20)21)16-12-8-9-13-17(16)22-14-15-10-6-5-7-11-15/h5-13H,3-4,14H2,1-2H3,(H2,20,21). The Balaban J connectivity index is 2.32. The first kappa shape index (κ1) is 16.1. The van der Waals surface area contributed by atoms with Crippen LogP contribution in [0.4, 0.5) is 0 Å². The first-order valence-corrected chi connectivity index (χ1v) is 7.70. The van der Waals surface area contributed by atoms with Crippen molar-refractivity contribution < 1.29 is 9.53 Å². The van der Waals surface area contributed by atoms with Crippen LogP contribution in [-0.2, 0) is 16.8 Å².